The lowest BCUT2D eigenvalue weighted by Crippen LogP contribution is -2.21. The molecule has 0 heterocycles. The lowest BCUT2D eigenvalue weighted by molar-refractivity contribution is 0.416. The molecule has 0 unspecified atom stereocenters. The van der Waals surface area contributed by atoms with Crippen molar-refractivity contribution >= 4 is 77.5 Å². The fraction of sp³-hybridized carbons (Fsp3) is 0.250. The van der Waals surface area contributed by atoms with Crippen molar-refractivity contribution in [3.63, 3.8) is 0 Å². The number of rotatable bonds is 17. The van der Waals surface area contributed by atoms with Crippen molar-refractivity contribution in [2.45, 2.75) is 32.4 Å². The van der Waals surface area contributed by atoms with E-state index in [0.29, 0.717) is 12.8 Å². The van der Waals surface area contributed by atoms with Gasteiger partial charge in [0, 0.05) is 21.2 Å². The Morgan fingerprint density at radius 3 is 0.778 bits per heavy atom. The normalized spacial score (nSPS) is 12.6. The van der Waals surface area contributed by atoms with Crippen LogP contribution in [0.4, 0.5) is 0 Å². The predicted molar refractivity (Wildman–Crippen MR) is 203 cm³/mol. The maximum absolute atomic E-state index is 12.2. The van der Waals surface area contributed by atoms with Crippen LogP contribution in [0, 0.1) is 0 Å². The second-order valence-corrected chi connectivity index (χ2v) is 21.5. The number of unbranched alkanes of at least 4 members (excludes halogenated alkanes) is 1. The number of methoxy groups -OCH3 is 4. The molecule has 0 bridgehead atoms. The summed E-state index contributed by atoms with van der Waals surface area (Å²) >= 11 is 0. The monoisotopic (exact) mass is 866 g/mol. The Kier molecular flexibility index (Phi) is 13.8. The van der Waals surface area contributed by atoms with Crippen molar-refractivity contribution in [2.75, 3.05) is 40.8 Å². The van der Waals surface area contributed by atoms with Crippen LogP contribution in [0.2, 0.25) is 0 Å². The third-order valence-corrected chi connectivity index (χ3v) is 16.6. The van der Waals surface area contributed by atoms with Gasteiger partial charge in [0.2, 0.25) is 0 Å². The quantitative estimate of drug-likeness (QED) is 0.0676. The lowest BCUT2D eigenvalue weighted by Gasteiger charge is -2.25. The molecule has 0 aromatic heterocycles. The first kappa shape index (κ1) is 43.3. The average Bonchev–Trinajstić information content (AvgIpc) is 3.10. The molecule has 0 radical (unpaired) electrons. The molecule has 4 aromatic rings. The molecule has 4 aromatic carbocycles. The lowest BCUT2D eigenvalue weighted by atomic mass is 10.3. The Morgan fingerprint density at radius 1 is 0.407 bits per heavy atom. The van der Waals surface area contributed by atoms with E-state index in [1.54, 1.807) is 0 Å². The number of ether oxygens (including phenoxy) is 4. The molecule has 54 heavy (non-hydrogen) atoms. The summed E-state index contributed by atoms with van der Waals surface area (Å²) in [7, 11) is -17.1. The van der Waals surface area contributed by atoms with Crippen molar-refractivity contribution in [1.29, 1.82) is 0 Å². The molecular formula is C32H36O16P2S4. The van der Waals surface area contributed by atoms with Gasteiger partial charge >= 0.3 is 0 Å². The van der Waals surface area contributed by atoms with E-state index in [1.807, 2.05) is 0 Å². The summed E-state index contributed by atoms with van der Waals surface area (Å²) in [5.41, 5.74) is 0. The van der Waals surface area contributed by atoms with Crippen LogP contribution >= 0.6 is 15.8 Å². The second-order valence-electron chi connectivity index (χ2n) is 11.2. The summed E-state index contributed by atoms with van der Waals surface area (Å²) in [5, 5.41) is 1.11. The van der Waals surface area contributed by atoms with Gasteiger partial charge in [0.15, 0.2) is 0 Å². The van der Waals surface area contributed by atoms with Gasteiger partial charge in [-0.15, -0.1) is 0 Å². The zero-order chi connectivity index (χ0) is 40.2. The molecule has 16 nitrogen and oxygen atoms in total. The van der Waals surface area contributed by atoms with Crippen molar-refractivity contribution in [1.82, 2.24) is 0 Å². The van der Waals surface area contributed by atoms with Crippen molar-refractivity contribution in [3.05, 3.63) is 72.8 Å². The second kappa shape index (κ2) is 17.2. The Bertz CT molecular complexity index is 2130. The van der Waals surface area contributed by atoms with Gasteiger partial charge in [-0.05, 0) is 114 Å². The largest absolute Gasteiger partial charge is 0.496 e. The molecule has 0 aliphatic carbocycles. The van der Waals surface area contributed by atoms with E-state index < -0.39 is 75.9 Å². The van der Waals surface area contributed by atoms with E-state index in [0.717, 1.165) is 24.3 Å². The first-order valence-corrected chi connectivity index (χ1v) is 24.1. The fourth-order valence-electron chi connectivity index (χ4n) is 5.45. The Morgan fingerprint density at radius 2 is 0.611 bits per heavy atom. The van der Waals surface area contributed by atoms with Crippen LogP contribution in [-0.4, -0.2) is 92.6 Å². The van der Waals surface area contributed by atoms with Crippen molar-refractivity contribution in [3.8, 4) is 23.0 Å². The van der Waals surface area contributed by atoms with Gasteiger partial charge in [-0.2, -0.15) is 33.7 Å². The Balaban J connectivity index is 1.87. The average molecular weight is 867 g/mol. The van der Waals surface area contributed by atoms with Gasteiger partial charge in [0.05, 0.1) is 48.0 Å². The SMILES string of the molecule is COc1ccc(S(=O)(=O)O)cc1P(CCCCP(c1cc(S(=O)(=O)O)ccc1OC)c1cc(S(=O)(=O)O)ccc1OC)c1cc(S(=O)(=O)O)ccc1OC. The van der Waals surface area contributed by atoms with E-state index in [-0.39, 0.29) is 56.5 Å². The van der Waals surface area contributed by atoms with Crippen LogP contribution in [0.3, 0.4) is 0 Å². The maximum atomic E-state index is 12.2. The van der Waals surface area contributed by atoms with Crippen LogP contribution in [0.5, 0.6) is 23.0 Å². The first-order chi connectivity index (χ1) is 25.1. The summed E-state index contributed by atoms with van der Waals surface area (Å²) in [4.78, 5) is -1.85. The third kappa shape index (κ3) is 10.3. The summed E-state index contributed by atoms with van der Waals surface area (Å²) in [6.45, 7) is 0. The predicted octanol–water partition coefficient (Wildman–Crippen LogP) is 3.05. The van der Waals surface area contributed by atoms with Gasteiger partial charge in [-0.1, -0.05) is 0 Å². The highest BCUT2D eigenvalue weighted by Gasteiger charge is 2.29. The molecular weight excluding hydrogens is 831 g/mol. The molecule has 0 aliphatic heterocycles. The molecule has 0 spiro atoms. The van der Waals surface area contributed by atoms with Gasteiger partial charge in [-0.25, -0.2) is 0 Å². The van der Waals surface area contributed by atoms with E-state index in [4.69, 9.17) is 18.9 Å². The highest BCUT2D eigenvalue weighted by molar-refractivity contribution is 7.86. The standard InChI is InChI=1S/C32H36O16P2S4/c1-45-25-11-7-21(51(33,34)35)17-29(25)49(30-18-22(52(36,37)38)8-12-26(30)46-2)15-5-6-16-50(31-19-23(53(39,40)41)9-13-27(31)47-3)32-20-24(54(42,43)44)10-14-28(32)48-4/h7-14,17-20H,5-6,15-16H2,1-4H3,(H,33,34,35)(H,36,37,38)(H,39,40,41)(H,42,43,44). The van der Waals surface area contributed by atoms with Gasteiger partial charge in [0.25, 0.3) is 40.5 Å². The summed E-state index contributed by atoms with van der Waals surface area (Å²) in [6.07, 6.45) is 0.978. The molecule has 0 aliphatic rings. The van der Waals surface area contributed by atoms with Gasteiger partial charge in [0.1, 0.15) is 23.0 Å². The fourth-order valence-corrected chi connectivity index (χ4v) is 13.3. The molecule has 0 saturated heterocycles. The first-order valence-electron chi connectivity index (χ1n) is 15.3. The van der Waals surface area contributed by atoms with Crippen molar-refractivity contribution in [2.24, 2.45) is 0 Å². The zero-order valence-electron chi connectivity index (χ0n) is 29.0. The molecule has 22 heteroatoms. The zero-order valence-corrected chi connectivity index (χ0v) is 34.0. The van der Waals surface area contributed by atoms with Gasteiger partial charge < -0.3 is 18.9 Å². The van der Waals surface area contributed by atoms with Crippen LogP contribution in [0.1, 0.15) is 12.8 Å². The smallest absolute Gasteiger partial charge is 0.294 e. The van der Waals surface area contributed by atoms with Crippen LogP contribution in [-0.2, 0) is 40.5 Å². The Labute approximate surface area is 315 Å². The summed E-state index contributed by atoms with van der Waals surface area (Å²) < 4.78 is 159. The van der Waals surface area contributed by atoms with E-state index in [2.05, 4.69) is 0 Å². The summed E-state index contributed by atoms with van der Waals surface area (Å²) in [5.74, 6) is 0.810. The molecule has 0 saturated carbocycles. The van der Waals surface area contributed by atoms with Crippen LogP contribution < -0.4 is 40.2 Å². The number of benzene rings is 4. The number of hydrogen-bond acceptors (Lipinski definition) is 12. The van der Waals surface area contributed by atoms with Crippen LogP contribution in [0.25, 0.3) is 0 Å². The van der Waals surface area contributed by atoms with Gasteiger partial charge in [-0.3, -0.25) is 18.2 Å². The topological polar surface area (TPSA) is 254 Å². The van der Waals surface area contributed by atoms with E-state index >= 15 is 0 Å². The molecule has 4 rings (SSSR count). The minimum atomic E-state index is -4.71. The number of hydrogen-bond donors (Lipinski definition) is 4. The van der Waals surface area contributed by atoms with E-state index in [9.17, 15) is 51.9 Å². The molecule has 4 N–H and O–H groups in total. The highest BCUT2D eigenvalue weighted by Crippen LogP contribution is 2.45. The molecule has 0 atom stereocenters. The third-order valence-electron chi connectivity index (χ3n) is 7.97. The maximum Gasteiger partial charge on any atom is 0.294 e. The highest BCUT2D eigenvalue weighted by atomic mass is 32.2. The minimum absolute atomic E-state index is 0.194. The molecule has 0 amide bonds. The Hall–Kier alpha value is -3.42. The van der Waals surface area contributed by atoms with Crippen LogP contribution in [0.15, 0.2) is 92.4 Å². The molecule has 294 valence electrons. The van der Waals surface area contributed by atoms with E-state index in [1.165, 1.54) is 77.0 Å². The molecule has 0 fully saturated rings. The summed E-state index contributed by atoms with van der Waals surface area (Å²) in [6, 6.07) is 14.6. The van der Waals surface area contributed by atoms with Crippen molar-refractivity contribution < 1.29 is 70.8 Å². The minimum Gasteiger partial charge on any atom is -0.496 e.